The maximum Gasteiger partial charge on any atom is 0.124 e. The Kier molecular flexibility index (Phi) is 3.58. The fourth-order valence-electron chi connectivity index (χ4n) is 4.60. The highest BCUT2D eigenvalue weighted by molar-refractivity contribution is 5.46. The number of aromatic nitrogens is 2. The third-order valence-electron chi connectivity index (χ3n) is 5.87. The molecule has 2 aromatic rings. The lowest BCUT2D eigenvalue weighted by Gasteiger charge is -2.29. The van der Waals surface area contributed by atoms with Gasteiger partial charge in [0.25, 0.3) is 0 Å². The van der Waals surface area contributed by atoms with Crippen molar-refractivity contribution < 1.29 is 4.74 Å². The van der Waals surface area contributed by atoms with E-state index in [0.29, 0.717) is 12.1 Å². The lowest BCUT2D eigenvalue weighted by Crippen LogP contribution is -2.39. The maximum absolute atomic E-state index is 6.08. The van der Waals surface area contributed by atoms with Crippen LogP contribution >= 0.6 is 0 Å². The van der Waals surface area contributed by atoms with Crippen molar-refractivity contribution in [2.24, 2.45) is 0 Å². The topological polar surface area (TPSA) is 39.1 Å². The molecular formula is C20H25N3O. The Morgan fingerprint density at radius 2 is 2.00 bits per heavy atom. The van der Waals surface area contributed by atoms with Crippen LogP contribution in [-0.4, -0.2) is 22.2 Å². The summed E-state index contributed by atoms with van der Waals surface area (Å²) in [6.45, 7) is 1.88. The second kappa shape index (κ2) is 5.92. The van der Waals surface area contributed by atoms with Crippen LogP contribution in [-0.2, 0) is 25.8 Å². The summed E-state index contributed by atoms with van der Waals surface area (Å²) in [5.74, 6) is 2.36. The molecule has 1 aromatic heterocycles. The molecule has 2 unspecified atom stereocenters. The first-order chi connectivity index (χ1) is 11.9. The van der Waals surface area contributed by atoms with Gasteiger partial charge in [-0.2, -0.15) is 0 Å². The fraction of sp³-hybridized carbons (Fsp3) is 0.550. The first-order valence-electron chi connectivity index (χ1n) is 9.41. The lowest BCUT2D eigenvalue weighted by molar-refractivity contribution is 0.309. The van der Waals surface area contributed by atoms with Gasteiger partial charge < -0.3 is 14.6 Å². The second-order valence-corrected chi connectivity index (χ2v) is 7.45. The van der Waals surface area contributed by atoms with Gasteiger partial charge in [-0.25, -0.2) is 4.98 Å². The third-order valence-corrected chi connectivity index (χ3v) is 5.87. The van der Waals surface area contributed by atoms with E-state index in [0.717, 1.165) is 31.7 Å². The average Bonchev–Trinajstić information content (AvgIpc) is 3.20. The van der Waals surface area contributed by atoms with E-state index in [4.69, 9.17) is 4.74 Å². The van der Waals surface area contributed by atoms with Gasteiger partial charge in [0.05, 0.1) is 6.61 Å². The van der Waals surface area contributed by atoms with Crippen molar-refractivity contribution in [1.29, 1.82) is 0 Å². The number of nitrogens with one attached hydrogen (secondary N) is 1. The molecule has 5 rings (SSSR count). The Labute approximate surface area is 143 Å². The first-order valence-corrected chi connectivity index (χ1v) is 9.41. The molecule has 4 heteroatoms. The van der Waals surface area contributed by atoms with Crippen molar-refractivity contribution in [3.63, 3.8) is 0 Å². The van der Waals surface area contributed by atoms with Crippen molar-refractivity contribution >= 4 is 0 Å². The molecule has 2 atom stereocenters. The van der Waals surface area contributed by atoms with Crippen molar-refractivity contribution in [3.05, 3.63) is 47.0 Å². The van der Waals surface area contributed by atoms with E-state index >= 15 is 0 Å². The van der Waals surface area contributed by atoms with Crippen LogP contribution in [0.1, 0.15) is 54.2 Å². The summed E-state index contributed by atoms with van der Waals surface area (Å²) in [5.41, 5.74) is 4.45. The van der Waals surface area contributed by atoms with Crippen molar-refractivity contribution in [3.8, 4) is 5.75 Å². The molecule has 1 aliphatic carbocycles. The number of fused-ring (bicyclic) bond motifs is 3. The van der Waals surface area contributed by atoms with Crippen LogP contribution in [0.3, 0.4) is 0 Å². The van der Waals surface area contributed by atoms with Crippen LogP contribution in [0.5, 0.6) is 5.75 Å². The number of rotatable bonds is 2. The standard InChI is InChI=1S/C20H25N3O/c1-3-14-11-17-18(5-2-10-24-19(17)12-15(14)4-1)22-16-6-7-20-21-8-9-23(20)13-16/h8-9,11-12,16,18,22H,1-7,10,13H2. The smallest absolute Gasteiger partial charge is 0.124 e. The summed E-state index contributed by atoms with van der Waals surface area (Å²) in [6, 6.07) is 5.71. The number of hydrogen-bond acceptors (Lipinski definition) is 3. The van der Waals surface area contributed by atoms with Gasteiger partial charge >= 0.3 is 0 Å². The number of nitrogens with zero attached hydrogens (tertiary/aromatic N) is 2. The van der Waals surface area contributed by atoms with Crippen LogP contribution in [0.2, 0.25) is 0 Å². The van der Waals surface area contributed by atoms with Gasteiger partial charge in [-0.3, -0.25) is 0 Å². The van der Waals surface area contributed by atoms with E-state index in [1.807, 2.05) is 6.20 Å². The molecule has 2 aliphatic heterocycles. The Bertz CT molecular complexity index is 751. The molecule has 126 valence electrons. The molecule has 0 saturated heterocycles. The lowest BCUT2D eigenvalue weighted by atomic mass is 9.95. The zero-order chi connectivity index (χ0) is 15.9. The summed E-state index contributed by atoms with van der Waals surface area (Å²) < 4.78 is 8.39. The summed E-state index contributed by atoms with van der Waals surface area (Å²) >= 11 is 0. The molecule has 1 aromatic carbocycles. The van der Waals surface area contributed by atoms with Gasteiger partial charge in [-0.1, -0.05) is 6.07 Å². The predicted molar refractivity (Wildman–Crippen MR) is 93.4 cm³/mol. The van der Waals surface area contributed by atoms with Crippen LogP contribution in [0.4, 0.5) is 0 Å². The second-order valence-electron chi connectivity index (χ2n) is 7.45. The highest BCUT2D eigenvalue weighted by atomic mass is 16.5. The van der Waals surface area contributed by atoms with Gasteiger partial charge in [-0.15, -0.1) is 0 Å². The molecule has 0 fully saturated rings. The average molecular weight is 323 g/mol. The van der Waals surface area contributed by atoms with E-state index in [1.54, 1.807) is 5.56 Å². The van der Waals surface area contributed by atoms with Crippen molar-refractivity contribution in [2.45, 2.75) is 63.6 Å². The van der Waals surface area contributed by atoms with Crippen LogP contribution in [0.25, 0.3) is 0 Å². The van der Waals surface area contributed by atoms with Gasteiger partial charge in [-0.05, 0) is 55.7 Å². The highest BCUT2D eigenvalue weighted by Crippen LogP contribution is 2.37. The molecule has 24 heavy (non-hydrogen) atoms. The quantitative estimate of drug-likeness (QED) is 0.922. The van der Waals surface area contributed by atoms with Gasteiger partial charge in [0.15, 0.2) is 0 Å². The summed E-state index contributed by atoms with van der Waals surface area (Å²) in [7, 11) is 0. The molecule has 3 heterocycles. The maximum atomic E-state index is 6.08. The van der Waals surface area contributed by atoms with E-state index in [-0.39, 0.29) is 0 Å². The fourth-order valence-corrected chi connectivity index (χ4v) is 4.60. The SMILES string of the molecule is c1cn2c(n1)CCC(NC1CCCOc3cc4c(cc31)CCC4)C2. The Balaban J connectivity index is 1.41. The first kappa shape index (κ1) is 14.5. The van der Waals surface area contributed by atoms with Crippen molar-refractivity contribution in [1.82, 2.24) is 14.9 Å². The molecule has 0 bridgehead atoms. The molecule has 0 saturated carbocycles. The zero-order valence-electron chi connectivity index (χ0n) is 14.1. The minimum atomic E-state index is 0.420. The molecule has 0 radical (unpaired) electrons. The Hall–Kier alpha value is -1.81. The third kappa shape index (κ3) is 2.53. The van der Waals surface area contributed by atoms with E-state index < -0.39 is 0 Å². The summed E-state index contributed by atoms with van der Waals surface area (Å²) in [6.07, 6.45) is 12.3. The number of hydrogen-bond donors (Lipinski definition) is 1. The molecule has 4 nitrogen and oxygen atoms in total. The largest absolute Gasteiger partial charge is 0.493 e. The minimum Gasteiger partial charge on any atom is -0.493 e. The van der Waals surface area contributed by atoms with Gasteiger partial charge in [0, 0.05) is 43.0 Å². The van der Waals surface area contributed by atoms with Gasteiger partial charge in [0.1, 0.15) is 11.6 Å². The van der Waals surface area contributed by atoms with E-state index in [2.05, 4.69) is 33.2 Å². The van der Waals surface area contributed by atoms with Crippen LogP contribution < -0.4 is 10.1 Å². The number of imidazole rings is 1. The van der Waals surface area contributed by atoms with E-state index in [9.17, 15) is 0 Å². The molecule has 0 spiro atoms. The predicted octanol–water partition coefficient (Wildman–Crippen LogP) is 3.19. The molecule has 1 N–H and O–H groups in total. The molecule has 0 amide bonds. The summed E-state index contributed by atoms with van der Waals surface area (Å²) in [4.78, 5) is 4.44. The Morgan fingerprint density at radius 3 is 2.96 bits per heavy atom. The molecular weight excluding hydrogens is 298 g/mol. The number of aryl methyl sites for hydroxylation is 3. The van der Waals surface area contributed by atoms with Crippen molar-refractivity contribution in [2.75, 3.05) is 6.61 Å². The summed E-state index contributed by atoms with van der Waals surface area (Å²) in [5, 5.41) is 3.95. The minimum absolute atomic E-state index is 0.420. The number of benzene rings is 1. The van der Waals surface area contributed by atoms with Gasteiger partial charge in [0.2, 0.25) is 0 Å². The number of ether oxygens (including phenoxy) is 1. The van der Waals surface area contributed by atoms with Crippen LogP contribution in [0.15, 0.2) is 24.5 Å². The normalized spacial score (nSPS) is 25.3. The van der Waals surface area contributed by atoms with E-state index in [1.165, 1.54) is 49.1 Å². The zero-order valence-corrected chi connectivity index (χ0v) is 14.1. The Morgan fingerprint density at radius 1 is 1.08 bits per heavy atom. The monoisotopic (exact) mass is 323 g/mol. The molecule has 3 aliphatic rings. The van der Waals surface area contributed by atoms with Crippen LogP contribution in [0, 0.1) is 0 Å². The highest BCUT2D eigenvalue weighted by Gasteiger charge is 2.27.